The van der Waals surface area contributed by atoms with Gasteiger partial charge in [0.2, 0.25) is 15.9 Å². The zero-order valence-electron chi connectivity index (χ0n) is 16.8. The predicted molar refractivity (Wildman–Crippen MR) is 109 cm³/mol. The highest BCUT2D eigenvalue weighted by atomic mass is 32.2. The van der Waals surface area contributed by atoms with Crippen molar-refractivity contribution < 1.29 is 27.1 Å². The summed E-state index contributed by atoms with van der Waals surface area (Å²) in [5.74, 6) is 0.246. The molecule has 1 amide bonds. The van der Waals surface area contributed by atoms with Crippen molar-refractivity contribution in [1.82, 2.24) is 5.32 Å². The van der Waals surface area contributed by atoms with Crippen LogP contribution in [0.2, 0.25) is 0 Å². The number of amides is 1. The summed E-state index contributed by atoms with van der Waals surface area (Å²) in [7, 11) is -0.658. The molecule has 1 N–H and O–H groups in total. The van der Waals surface area contributed by atoms with Gasteiger partial charge in [-0.05, 0) is 55.3 Å². The van der Waals surface area contributed by atoms with E-state index in [2.05, 4.69) is 5.32 Å². The first-order valence-electron chi connectivity index (χ1n) is 8.91. The number of hydrogen-bond acceptors (Lipinski definition) is 5. The highest BCUT2D eigenvalue weighted by Crippen LogP contribution is 2.27. The molecular weight excluding hydrogens is 399 g/mol. The standard InChI is InChI=1S/C20H25FN2O5S/c1-14(23(29(4,25)26)17-8-6-16(21)7-9-17)20(24)22-12-11-15-5-10-18(27-2)19(13-15)28-3/h5-10,13-14H,11-12H2,1-4H3,(H,22,24)/t14-/m1/s1. The average Bonchev–Trinajstić information content (AvgIpc) is 2.68. The van der Waals surface area contributed by atoms with Gasteiger partial charge in [0.25, 0.3) is 0 Å². The number of methoxy groups -OCH3 is 2. The third-order valence-corrected chi connectivity index (χ3v) is 5.57. The smallest absolute Gasteiger partial charge is 0.243 e. The van der Waals surface area contributed by atoms with Crippen LogP contribution in [-0.2, 0) is 21.2 Å². The van der Waals surface area contributed by atoms with Crippen LogP contribution < -0.4 is 19.1 Å². The number of anilines is 1. The molecule has 2 aromatic rings. The molecule has 0 saturated heterocycles. The number of ether oxygens (including phenoxy) is 2. The van der Waals surface area contributed by atoms with Gasteiger partial charge in [0, 0.05) is 6.54 Å². The van der Waals surface area contributed by atoms with Gasteiger partial charge in [-0.2, -0.15) is 0 Å². The number of carbonyl (C=O) groups is 1. The third-order valence-electron chi connectivity index (χ3n) is 4.33. The van der Waals surface area contributed by atoms with E-state index in [1.165, 1.54) is 19.1 Å². The maximum Gasteiger partial charge on any atom is 0.243 e. The van der Waals surface area contributed by atoms with Crippen molar-refractivity contribution in [3.05, 3.63) is 53.8 Å². The van der Waals surface area contributed by atoms with Gasteiger partial charge in [-0.25, -0.2) is 12.8 Å². The molecular formula is C20H25FN2O5S. The SMILES string of the molecule is COc1ccc(CCNC(=O)[C@@H](C)N(c2ccc(F)cc2)S(C)(=O)=O)cc1OC. The lowest BCUT2D eigenvalue weighted by molar-refractivity contribution is -0.121. The second kappa shape index (κ2) is 9.60. The topological polar surface area (TPSA) is 84.9 Å². The first-order chi connectivity index (χ1) is 13.7. The Hall–Kier alpha value is -2.81. The fraction of sp³-hybridized carbons (Fsp3) is 0.350. The highest BCUT2D eigenvalue weighted by molar-refractivity contribution is 7.92. The number of halogens is 1. The summed E-state index contributed by atoms with van der Waals surface area (Å²) in [5, 5.41) is 2.74. The summed E-state index contributed by atoms with van der Waals surface area (Å²) in [6, 6.07) is 9.39. The van der Waals surface area contributed by atoms with E-state index >= 15 is 0 Å². The van der Waals surface area contributed by atoms with E-state index in [0.717, 1.165) is 28.3 Å². The van der Waals surface area contributed by atoms with E-state index in [9.17, 15) is 17.6 Å². The van der Waals surface area contributed by atoms with Crippen molar-refractivity contribution in [1.29, 1.82) is 0 Å². The third kappa shape index (κ3) is 5.83. The maximum atomic E-state index is 13.2. The molecule has 0 aliphatic carbocycles. The van der Waals surface area contributed by atoms with Crippen molar-refractivity contribution in [2.24, 2.45) is 0 Å². The summed E-state index contributed by atoms with van der Waals surface area (Å²) >= 11 is 0. The number of nitrogens with zero attached hydrogens (tertiary/aromatic N) is 1. The monoisotopic (exact) mass is 424 g/mol. The van der Waals surface area contributed by atoms with Crippen LogP contribution in [0, 0.1) is 5.82 Å². The minimum Gasteiger partial charge on any atom is -0.493 e. The first-order valence-corrected chi connectivity index (χ1v) is 10.8. The second-order valence-electron chi connectivity index (χ2n) is 6.44. The molecule has 0 unspecified atom stereocenters. The fourth-order valence-electron chi connectivity index (χ4n) is 2.91. The van der Waals surface area contributed by atoms with Gasteiger partial charge in [0.15, 0.2) is 11.5 Å². The number of nitrogens with one attached hydrogen (secondary N) is 1. The summed E-state index contributed by atoms with van der Waals surface area (Å²) in [4.78, 5) is 12.5. The van der Waals surface area contributed by atoms with Crippen molar-refractivity contribution in [3.63, 3.8) is 0 Å². The van der Waals surface area contributed by atoms with Gasteiger partial charge in [-0.15, -0.1) is 0 Å². The normalized spacial score (nSPS) is 12.2. The van der Waals surface area contributed by atoms with Crippen LogP contribution >= 0.6 is 0 Å². The highest BCUT2D eigenvalue weighted by Gasteiger charge is 2.28. The fourth-order valence-corrected chi connectivity index (χ4v) is 4.09. The molecule has 29 heavy (non-hydrogen) atoms. The Kier molecular flexibility index (Phi) is 7.44. The Morgan fingerprint density at radius 2 is 1.72 bits per heavy atom. The number of rotatable bonds is 9. The van der Waals surface area contributed by atoms with E-state index in [-0.39, 0.29) is 5.69 Å². The Balaban J connectivity index is 2.05. The Labute approximate surface area is 170 Å². The zero-order valence-corrected chi connectivity index (χ0v) is 17.6. The molecule has 2 aromatic carbocycles. The molecule has 0 aliphatic heterocycles. The van der Waals surface area contributed by atoms with E-state index in [1.54, 1.807) is 20.3 Å². The Morgan fingerprint density at radius 1 is 1.10 bits per heavy atom. The molecule has 0 spiro atoms. The molecule has 158 valence electrons. The molecule has 0 aliphatic rings. The van der Waals surface area contributed by atoms with E-state index in [0.29, 0.717) is 24.5 Å². The van der Waals surface area contributed by atoms with Gasteiger partial charge < -0.3 is 14.8 Å². The molecule has 2 rings (SSSR count). The van der Waals surface area contributed by atoms with E-state index in [1.807, 2.05) is 12.1 Å². The zero-order chi connectivity index (χ0) is 21.6. The number of benzene rings is 2. The molecule has 1 atom stereocenters. The largest absolute Gasteiger partial charge is 0.493 e. The lowest BCUT2D eigenvalue weighted by Crippen LogP contribution is -2.48. The Morgan fingerprint density at radius 3 is 2.28 bits per heavy atom. The summed E-state index contributed by atoms with van der Waals surface area (Å²) < 4.78 is 49.0. The van der Waals surface area contributed by atoms with Crippen LogP contribution in [-0.4, -0.2) is 47.4 Å². The summed E-state index contributed by atoms with van der Waals surface area (Å²) in [6.45, 7) is 1.79. The summed E-state index contributed by atoms with van der Waals surface area (Å²) in [5.41, 5.74) is 1.14. The molecule has 7 nitrogen and oxygen atoms in total. The average molecular weight is 424 g/mol. The van der Waals surface area contributed by atoms with Crippen LogP contribution in [0.1, 0.15) is 12.5 Å². The van der Waals surface area contributed by atoms with E-state index in [4.69, 9.17) is 9.47 Å². The lowest BCUT2D eigenvalue weighted by atomic mass is 10.1. The number of carbonyl (C=O) groups excluding carboxylic acids is 1. The molecule has 0 saturated carbocycles. The Bertz CT molecular complexity index is 948. The van der Waals surface area contributed by atoms with Crippen molar-refractivity contribution in [3.8, 4) is 11.5 Å². The summed E-state index contributed by atoms with van der Waals surface area (Å²) in [6.07, 6.45) is 1.53. The van der Waals surface area contributed by atoms with Gasteiger partial charge in [0.05, 0.1) is 26.2 Å². The van der Waals surface area contributed by atoms with Gasteiger partial charge in [0.1, 0.15) is 11.9 Å². The van der Waals surface area contributed by atoms with Gasteiger partial charge in [-0.1, -0.05) is 6.07 Å². The van der Waals surface area contributed by atoms with Crippen LogP contribution in [0.3, 0.4) is 0 Å². The predicted octanol–water partition coefficient (Wildman–Crippen LogP) is 2.36. The lowest BCUT2D eigenvalue weighted by Gasteiger charge is -2.28. The number of sulfonamides is 1. The van der Waals surface area contributed by atoms with Gasteiger partial charge >= 0.3 is 0 Å². The second-order valence-corrected chi connectivity index (χ2v) is 8.30. The molecule has 0 radical (unpaired) electrons. The maximum absolute atomic E-state index is 13.2. The molecule has 0 bridgehead atoms. The van der Waals surface area contributed by atoms with Crippen molar-refractivity contribution in [2.45, 2.75) is 19.4 Å². The van der Waals surface area contributed by atoms with Crippen LogP contribution in [0.5, 0.6) is 11.5 Å². The molecule has 0 aromatic heterocycles. The molecule has 9 heteroatoms. The number of hydrogen-bond donors (Lipinski definition) is 1. The molecule has 0 heterocycles. The minimum absolute atomic E-state index is 0.219. The van der Waals surface area contributed by atoms with Crippen LogP contribution in [0.15, 0.2) is 42.5 Å². The quantitative estimate of drug-likeness (QED) is 0.668. The van der Waals surface area contributed by atoms with Crippen LogP contribution in [0.25, 0.3) is 0 Å². The molecule has 0 fully saturated rings. The van der Waals surface area contributed by atoms with Gasteiger partial charge in [-0.3, -0.25) is 9.10 Å². The van der Waals surface area contributed by atoms with Crippen molar-refractivity contribution >= 4 is 21.6 Å². The minimum atomic E-state index is -3.75. The van der Waals surface area contributed by atoms with Crippen molar-refractivity contribution in [2.75, 3.05) is 31.3 Å². The first kappa shape index (κ1) is 22.5. The van der Waals surface area contributed by atoms with Crippen LogP contribution in [0.4, 0.5) is 10.1 Å². The van der Waals surface area contributed by atoms with E-state index < -0.39 is 27.8 Å².